The summed E-state index contributed by atoms with van der Waals surface area (Å²) in [5, 5.41) is 2.16. The molecule has 0 aliphatic carbocycles. The number of piperidine rings is 1. The zero-order chi connectivity index (χ0) is 26.7. The van der Waals surface area contributed by atoms with Gasteiger partial charge < -0.3 is 14.2 Å². The minimum atomic E-state index is -0.179. The summed E-state index contributed by atoms with van der Waals surface area (Å²) in [6, 6.07) is 35.8. The van der Waals surface area contributed by atoms with Gasteiger partial charge in [-0.2, -0.15) is 0 Å². The number of hydrogen-bond donors (Lipinski definition) is 0. The van der Waals surface area contributed by atoms with Gasteiger partial charge in [0, 0.05) is 17.5 Å². The van der Waals surface area contributed by atoms with Gasteiger partial charge in [0.1, 0.15) is 12.2 Å². The first kappa shape index (κ1) is 27.8. The highest BCUT2D eigenvalue weighted by Gasteiger charge is 2.43. The van der Waals surface area contributed by atoms with Gasteiger partial charge in [-0.05, 0) is 54.4 Å². The first-order valence-electron chi connectivity index (χ1n) is 14.0. The van der Waals surface area contributed by atoms with Crippen molar-refractivity contribution in [2.75, 3.05) is 13.1 Å². The Morgan fingerprint density at radius 3 is 1.74 bits per heavy atom. The molecule has 0 unspecified atom stereocenters. The molecule has 1 aromatic heterocycles. The van der Waals surface area contributed by atoms with Crippen molar-refractivity contribution in [1.29, 1.82) is 0 Å². The van der Waals surface area contributed by atoms with E-state index in [1.807, 2.05) is 29.5 Å². The highest BCUT2D eigenvalue weighted by Crippen LogP contribution is 2.29. The van der Waals surface area contributed by atoms with Crippen molar-refractivity contribution in [3.8, 4) is 0 Å². The molecular formula is C34H39NO3S. The van der Waals surface area contributed by atoms with Crippen molar-refractivity contribution < 1.29 is 14.2 Å². The molecule has 5 rings (SSSR count). The standard InChI is InChI=1S/C34H39NO3S/c1-27-33(37-25-29-15-7-3-8-16-29)34(38-26-30-17-9-4-10-18-30)32(36-24-28-13-5-2-6-14-28)23-35(27)21-11-19-31-20-12-22-39-31/h2-10,12-18,20,22,27,32-34H,11,19,21,23-26H2,1H3/t27-,32+,33-,34-/m1/s1. The second kappa shape index (κ2) is 14.5. The molecule has 1 aliphatic rings. The Morgan fingerprint density at radius 2 is 1.21 bits per heavy atom. The zero-order valence-corrected chi connectivity index (χ0v) is 23.5. The minimum Gasteiger partial charge on any atom is -0.369 e. The maximum Gasteiger partial charge on any atom is 0.113 e. The number of ether oxygens (including phenoxy) is 3. The fourth-order valence-electron chi connectivity index (χ4n) is 5.30. The molecule has 2 heterocycles. The number of rotatable bonds is 13. The van der Waals surface area contributed by atoms with E-state index in [0.717, 1.165) is 31.5 Å². The van der Waals surface area contributed by atoms with E-state index in [4.69, 9.17) is 14.2 Å². The van der Waals surface area contributed by atoms with Crippen LogP contribution in [0, 0.1) is 0 Å². The van der Waals surface area contributed by atoms with Crippen LogP contribution in [-0.4, -0.2) is 42.3 Å². The number of thiophene rings is 1. The van der Waals surface area contributed by atoms with E-state index >= 15 is 0 Å². The molecule has 39 heavy (non-hydrogen) atoms. The Labute approximate surface area is 237 Å². The van der Waals surface area contributed by atoms with Gasteiger partial charge in [0.05, 0.1) is 25.9 Å². The van der Waals surface area contributed by atoms with Gasteiger partial charge in [0.15, 0.2) is 0 Å². The number of hydrogen-bond acceptors (Lipinski definition) is 5. The number of likely N-dealkylation sites (tertiary alicyclic amines) is 1. The van der Waals surface area contributed by atoms with E-state index in [1.54, 1.807) is 0 Å². The molecule has 1 fully saturated rings. The van der Waals surface area contributed by atoms with E-state index < -0.39 is 0 Å². The summed E-state index contributed by atoms with van der Waals surface area (Å²) < 4.78 is 20.0. The highest BCUT2D eigenvalue weighted by atomic mass is 32.1. The molecule has 4 aromatic rings. The second-order valence-corrected chi connectivity index (χ2v) is 11.3. The Kier molecular flexibility index (Phi) is 10.4. The fourth-order valence-corrected chi connectivity index (χ4v) is 6.05. The molecule has 204 valence electrons. The molecule has 1 saturated heterocycles. The Balaban J connectivity index is 1.34. The largest absolute Gasteiger partial charge is 0.369 e. The summed E-state index contributed by atoms with van der Waals surface area (Å²) in [4.78, 5) is 3.99. The van der Waals surface area contributed by atoms with E-state index in [1.165, 1.54) is 16.0 Å². The topological polar surface area (TPSA) is 30.9 Å². The Hall–Kier alpha value is -2.80. The molecule has 5 heteroatoms. The Morgan fingerprint density at radius 1 is 0.667 bits per heavy atom. The fraction of sp³-hybridized carbons (Fsp3) is 0.353. The van der Waals surface area contributed by atoms with Crippen molar-refractivity contribution in [3.63, 3.8) is 0 Å². The van der Waals surface area contributed by atoms with Crippen molar-refractivity contribution in [1.82, 2.24) is 4.90 Å². The molecule has 4 atom stereocenters. The van der Waals surface area contributed by atoms with Crippen LogP contribution in [0.2, 0.25) is 0 Å². The lowest BCUT2D eigenvalue weighted by atomic mass is 9.93. The average Bonchev–Trinajstić information content (AvgIpc) is 3.51. The van der Waals surface area contributed by atoms with E-state index in [9.17, 15) is 0 Å². The van der Waals surface area contributed by atoms with Gasteiger partial charge in [-0.3, -0.25) is 4.90 Å². The van der Waals surface area contributed by atoms with Crippen LogP contribution in [-0.2, 0) is 40.5 Å². The van der Waals surface area contributed by atoms with Crippen LogP contribution < -0.4 is 0 Å². The summed E-state index contributed by atoms with van der Waals surface area (Å²) in [6.07, 6.45) is 1.80. The summed E-state index contributed by atoms with van der Waals surface area (Å²) in [5.74, 6) is 0. The lowest BCUT2D eigenvalue weighted by Crippen LogP contribution is -2.62. The van der Waals surface area contributed by atoms with Crippen molar-refractivity contribution in [2.45, 2.75) is 63.9 Å². The van der Waals surface area contributed by atoms with E-state index in [0.29, 0.717) is 19.8 Å². The smallest absolute Gasteiger partial charge is 0.113 e. The monoisotopic (exact) mass is 541 g/mol. The van der Waals surface area contributed by atoms with Crippen molar-refractivity contribution in [2.24, 2.45) is 0 Å². The molecule has 0 bridgehead atoms. The average molecular weight is 542 g/mol. The first-order valence-corrected chi connectivity index (χ1v) is 14.9. The maximum absolute atomic E-state index is 6.70. The zero-order valence-electron chi connectivity index (χ0n) is 22.7. The lowest BCUT2D eigenvalue weighted by molar-refractivity contribution is -0.200. The molecule has 0 saturated carbocycles. The first-order chi connectivity index (χ1) is 19.3. The second-order valence-electron chi connectivity index (χ2n) is 10.3. The number of aryl methyl sites for hydroxylation is 1. The molecular weight excluding hydrogens is 502 g/mol. The minimum absolute atomic E-state index is 0.104. The van der Waals surface area contributed by atoms with Crippen LogP contribution in [0.1, 0.15) is 34.9 Å². The Bertz CT molecular complexity index is 1200. The summed E-state index contributed by atoms with van der Waals surface area (Å²) >= 11 is 1.84. The normalized spacial score (nSPS) is 21.7. The van der Waals surface area contributed by atoms with Gasteiger partial charge in [-0.15, -0.1) is 11.3 Å². The summed E-state index contributed by atoms with van der Waals surface area (Å²) in [7, 11) is 0. The van der Waals surface area contributed by atoms with Crippen LogP contribution in [0.4, 0.5) is 0 Å². The summed E-state index contributed by atoms with van der Waals surface area (Å²) in [5.41, 5.74) is 3.50. The molecule has 1 aliphatic heterocycles. The third kappa shape index (κ3) is 8.10. The third-order valence-electron chi connectivity index (χ3n) is 7.48. The number of nitrogens with zero attached hydrogens (tertiary/aromatic N) is 1. The van der Waals surface area contributed by atoms with Gasteiger partial charge in [0.2, 0.25) is 0 Å². The molecule has 0 amide bonds. The van der Waals surface area contributed by atoms with Crippen LogP contribution in [0.3, 0.4) is 0 Å². The molecule has 0 radical (unpaired) electrons. The quantitative estimate of drug-likeness (QED) is 0.180. The highest BCUT2D eigenvalue weighted by molar-refractivity contribution is 7.09. The molecule has 3 aromatic carbocycles. The molecule has 0 N–H and O–H groups in total. The van der Waals surface area contributed by atoms with E-state index in [-0.39, 0.29) is 24.4 Å². The van der Waals surface area contributed by atoms with Gasteiger partial charge >= 0.3 is 0 Å². The number of benzene rings is 3. The SMILES string of the molecule is C[C@@H]1[C@@H](OCc2ccccc2)[C@H](OCc2ccccc2)[C@@H](OCc2ccccc2)CN1CCCc1cccs1. The van der Waals surface area contributed by atoms with Crippen molar-refractivity contribution in [3.05, 3.63) is 130 Å². The molecule has 4 nitrogen and oxygen atoms in total. The van der Waals surface area contributed by atoms with Gasteiger partial charge in [-0.1, -0.05) is 97.1 Å². The molecule has 0 spiro atoms. The predicted octanol–water partition coefficient (Wildman–Crippen LogP) is 7.14. The van der Waals surface area contributed by atoms with Gasteiger partial charge in [0.25, 0.3) is 0 Å². The third-order valence-corrected chi connectivity index (χ3v) is 8.42. The van der Waals surface area contributed by atoms with Crippen LogP contribution in [0.15, 0.2) is 109 Å². The lowest BCUT2D eigenvalue weighted by Gasteiger charge is -2.47. The van der Waals surface area contributed by atoms with Crippen molar-refractivity contribution >= 4 is 11.3 Å². The van der Waals surface area contributed by atoms with E-state index in [2.05, 4.69) is 102 Å². The predicted molar refractivity (Wildman–Crippen MR) is 159 cm³/mol. The summed E-state index contributed by atoms with van der Waals surface area (Å²) in [6.45, 7) is 5.75. The van der Waals surface area contributed by atoms with Crippen LogP contribution in [0.25, 0.3) is 0 Å². The van der Waals surface area contributed by atoms with Crippen LogP contribution in [0.5, 0.6) is 0 Å². The van der Waals surface area contributed by atoms with Crippen LogP contribution >= 0.6 is 11.3 Å². The van der Waals surface area contributed by atoms with Gasteiger partial charge in [-0.25, -0.2) is 0 Å². The maximum atomic E-state index is 6.70.